The van der Waals surface area contributed by atoms with Gasteiger partial charge >= 0.3 is 0 Å². The molecular formula is C70H46N2O. The minimum atomic E-state index is 0.860. The summed E-state index contributed by atoms with van der Waals surface area (Å²) >= 11 is 0. The molecule has 14 rings (SSSR count). The summed E-state index contributed by atoms with van der Waals surface area (Å²) in [7, 11) is 0. The number of hydrogen-bond acceptors (Lipinski definition) is 2. The first-order valence-electron chi connectivity index (χ1n) is 25.0. The summed E-state index contributed by atoms with van der Waals surface area (Å²) in [6.45, 7) is 0. The van der Waals surface area contributed by atoms with Crippen LogP contribution < -0.4 is 4.90 Å². The van der Waals surface area contributed by atoms with E-state index in [2.05, 4.69) is 282 Å². The maximum atomic E-state index is 6.85. The Balaban J connectivity index is 0.805. The Morgan fingerprint density at radius 3 is 1.27 bits per heavy atom. The second kappa shape index (κ2) is 17.6. The molecule has 0 unspecified atom stereocenters. The van der Waals surface area contributed by atoms with E-state index in [-0.39, 0.29) is 0 Å². The van der Waals surface area contributed by atoms with Crippen molar-refractivity contribution in [1.29, 1.82) is 0 Å². The largest absolute Gasteiger partial charge is 0.454 e. The Morgan fingerprint density at radius 2 is 0.699 bits per heavy atom. The summed E-state index contributed by atoms with van der Waals surface area (Å²) in [5, 5.41) is 7.07. The molecule has 2 aromatic heterocycles. The Bertz CT molecular complexity index is 4310. The van der Waals surface area contributed by atoms with Crippen LogP contribution in [0.15, 0.2) is 283 Å². The van der Waals surface area contributed by atoms with Crippen LogP contribution in [0, 0.1) is 0 Å². The highest BCUT2D eigenvalue weighted by Crippen LogP contribution is 2.46. The number of benzene rings is 12. The van der Waals surface area contributed by atoms with Crippen LogP contribution in [0.4, 0.5) is 17.1 Å². The Hall–Kier alpha value is -9.70. The van der Waals surface area contributed by atoms with Crippen LogP contribution in [0.5, 0.6) is 0 Å². The second-order valence-electron chi connectivity index (χ2n) is 18.9. The van der Waals surface area contributed by atoms with E-state index >= 15 is 0 Å². The standard InChI is InChI=1S/C70H46N2O/c1-3-13-47(14-4-1)48-23-25-49(26-24-48)50-27-29-51(30-28-50)53-35-40-59(41-36-53)71(67-46-57-15-7-8-18-61(57)69-63-20-10-12-22-68(63)73-70(67)69)60-42-37-54(38-43-60)52-31-33-55(34-32-52)56-39-44-66-64(45-56)62-19-9-11-21-65(62)72(66)58-16-5-2-6-17-58/h1-46H. The lowest BCUT2D eigenvalue weighted by molar-refractivity contribution is 0.669. The SMILES string of the molecule is c1ccc(-c2ccc(-c3ccc(-c4ccc(N(c5ccc(-c6ccc(-c7ccc8c(c7)c7ccccc7n8-c7ccccc7)cc6)cc5)c5cc6ccccc6c6c5oc5ccccc56)cc4)cc3)cc2)cc1. The van der Waals surface area contributed by atoms with Gasteiger partial charge in [-0.15, -0.1) is 0 Å². The highest BCUT2D eigenvalue weighted by Gasteiger charge is 2.22. The summed E-state index contributed by atoms with van der Waals surface area (Å²) in [5.74, 6) is 0. The van der Waals surface area contributed by atoms with E-state index in [1.54, 1.807) is 0 Å². The molecule has 14 aromatic rings. The fraction of sp³-hybridized carbons (Fsp3) is 0. The molecule has 2 heterocycles. The number of fused-ring (bicyclic) bond motifs is 8. The third kappa shape index (κ3) is 7.46. The van der Waals surface area contributed by atoms with Crippen molar-refractivity contribution < 1.29 is 4.42 Å². The van der Waals surface area contributed by atoms with Gasteiger partial charge in [0.15, 0.2) is 5.58 Å². The van der Waals surface area contributed by atoms with E-state index in [4.69, 9.17) is 4.42 Å². The third-order valence-electron chi connectivity index (χ3n) is 14.6. The minimum absolute atomic E-state index is 0.860. The summed E-state index contributed by atoms with van der Waals surface area (Å²) in [6.07, 6.45) is 0. The predicted molar refractivity (Wildman–Crippen MR) is 307 cm³/mol. The molecule has 73 heavy (non-hydrogen) atoms. The zero-order chi connectivity index (χ0) is 48.2. The van der Waals surface area contributed by atoms with Gasteiger partial charge in [0.1, 0.15) is 5.58 Å². The van der Waals surface area contributed by atoms with Crippen molar-refractivity contribution in [2.24, 2.45) is 0 Å². The van der Waals surface area contributed by atoms with Crippen LogP contribution in [0.1, 0.15) is 0 Å². The average molecular weight is 931 g/mol. The molecule has 3 nitrogen and oxygen atoms in total. The lowest BCUT2D eigenvalue weighted by Crippen LogP contribution is -2.10. The molecule has 3 heteroatoms. The number of para-hydroxylation sites is 3. The highest BCUT2D eigenvalue weighted by molar-refractivity contribution is 6.23. The topological polar surface area (TPSA) is 21.3 Å². The first-order chi connectivity index (χ1) is 36.2. The Kier molecular flexibility index (Phi) is 10.2. The quantitative estimate of drug-likeness (QED) is 0.144. The summed E-state index contributed by atoms with van der Waals surface area (Å²) in [5.41, 5.74) is 20.2. The van der Waals surface area contributed by atoms with Gasteiger partial charge in [-0.05, 0) is 133 Å². The van der Waals surface area contributed by atoms with Crippen molar-refractivity contribution >= 4 is 71.6 Å². The maximum Gasteiger partial charge on any atom is 0.160 e. The van der Waals surface area contributed by atoms with E-state index in [1.807, 2.05) is 6.07 Å². The van der Waals surface area contributed by atoms with E-state index < -0.39 is 0 Å². The van der Waals surface area contributed by atoms with Gasteiger partial charge in [-0.3, -0.25) is 0 Å². The number of aromatic nitrogens is 1. The fourth-order valence-corrected chi connectivity index (χ4v) is 11.0. The lowest BCUT2D eigenvalue weighted by atomic mass is 9.97. The summed E-state index contributed by atoms with van der Waals surface area (Å²) < 4.78 is 9.21. The van der Waals surface area contributed by atoms with E-state index in [1.165, 1.54) is 66.1 Å². The number of nitrogens with zero attached hydrogens (tertiary/aromatic N) is 2. The van der Waals surface area contributed by atoms with Gasteiger partial charge in [0.05, 0.1) is 16.7 Å². The molecule has 0 spiro atoms. The van der Waals surface area contributed by atoms with E-state index in [0.717, 1.165) is 66.8 Å². The van der Waals surface area contributed by atoms with Crippen molar-refractivity contribution in [3.63, 3.8) is 0 Å². The molecule has 0 bridgehead atoms. The molecule has 0 atom stereocenters. The van der Waals surface area contributed by atoms with E-state index in [0.29, 0.717) is 0 Å². The molecule has 0 aliphatic carbocycles. The Morgan fingerprint density at radius 1 is 0.288 bits per heavy atom. The van der Waals surface area contributed by atoms with Crippen molar-refractivity contribution in [3.8, 4) is 61.3 Å². The van der Waals surface area contributed by atoms with Crippen LogP contribution >= 0.6 is 0 Å². The highest BCUT2D eigenvalue weighted by atomic mass is 16.3. The lowest BCUT2D eigenvalue weighted by Gasteiger charge is -2.26. The van der Waals surface area contributed by atoms with Gasteiger partial charge in [-0.25, -0.2) is 0 Å². The predicted octanol–water partition coefficient (Wildman–Crippen LogP) is 19.6. The first-order valence-corrected chi connectivity index (χ1v) is 25.0. The molecule has 0 N–H and O–H groups in total. The Labute approximate surface area is 423 Å². The van der Waals surface area contributed by atoms with Crippen molar-refractivity contribution in [2.45, 2.75) is 0 Å². The number of hydrogen-bond donors (Lipinski definition) is 0. The number of rotatable bonds is 9. The zero-order valence-corrected chi connectivity index (χ0v) is 39.9. The summed E-state index contributed by atoms with van der Waals surface area (Å²) in [4.78, 5) is 2.35. The fourth-order valence-electron chi connectivity index (χ4n) is 11.0. The van der Waals surface area contributed by atoms with Crippen LogP contribution in [0.25, 0.3) is 116 Å². The van der Waals surface area contributed by atoms with Gasteiger partial charge in [0, 0.05) is 38.6 Å². The minimum Gasteiger partial charge on any atom is -0.454 e. The van der Waals surface area contributed by atoms with Crippen LogP contribution in [-0.4, -0.2) is 4.57 Å². The smallest absolute Gasteiger partial charge is 0.160 e. The molecule has 0 aliphatic heterocycles. The van der Waals surface area contributed by atoms with Gasteiger partial charge < -0.3 is 13.9 Å². The normalized spacial score (nSPS) is 11.6. The molecule has 342 valence electrons. The second-order valence-corrected chi connectivity index (χ2v) is 18.9. The first kappa shape index (κ1) is 42.2. The van der Waals surface area contributed by atoms with Crippen molar-refractivity contribution in [2.75, 3.05) is 4.90 Å². The summed E-state index contributed by atoms with van der Waals surface area (Å²) in [6, 6.07) is 101. The number of furan rings is 1. The zero-order valence-electron chi connectivity index (χ0n) is 39.9. The molecule has 0 radical (unpaired) electrons. The van der Waals surface area contributed by atoms with Crippen LogP contribution in [0.2, 0.25) is 0 Å². The van der Waals surface area contributed by atoms with Gasteiger partial charge in [0.25, 0.3) is 0 Å². The van der Waals surface area contributed by atoms with Gasteiger partial charge in [-0.1, -0.05) is 212 Å². The van der Waals surface area contributed by atoms with Crippen LogP contribution in [0.3, 0.4) is 0 Å². The molecule has 0 saturated carbocycles. The molecular weight excluding hydrogens is 885 g/mol. The van der Waals surface area contributed by atoms with Crippen molar-refractivity contribution in [3.05, 3.63) is 279 Å². The van der Waals surface area contributed by atoms with Crippen LogP contribution in [-0.2, 0) is 0 Å². The third-order valence-corrected chi connectivity index (χ3v) is 14.6. The van der Waals surface area contributed by atoms with Crippen molar-refractivity contribution in [1.82, 2.24) is 4.57 Å². The maximum absolute atomic E-state index is 6.85. The van der Waals surface area contributed by atoms with Gasteiger partial charge in [-0.2, -0.15) is 0 Å². The average Bonchev–Trinajstić information content (AvgIpc) is 4.04. The van der Waals surface area contributed by atoms with E-state index in [9.17, 15) is 0 Å². The number of anilines is 3. The molecule has 0 saturated heterocycles. The van der Waals surface area contributed by atoms with Gasteiger partial charge in [0.2, 0.25) is 0 Å². The molecule has 12 aromatic carbocycles. The monoisotopic (exact) mass is 930 g/mol. The molecule has 0 amide bonds. The molecule has 0 fully saturated rings. The molecule has 0 aliphatic rings.